The zero-order valence-electron chi connectivity index (χ0n) is 19.7. The summed E-state index contributed by atoms with van der Waals surface area (Å²) in [5.74, 6) is -1.09. The fraction of sp³-hybridized carbons (Fsp3) is 0.308. The Morgan fingerprint density at radius 2 is 1.36 bits per heavy atom. The normalized spacial score (nSPS) is 16.8. The van der Waals surface area contributed by atoms with Crippen LogP contribution in [0.4, 0.5) is 4.79 Å². The number of hydrogen-bond acceptors (Lipinski definition) is 10. The van der Waals surface area contributed by atoms with Crippen LogP contribution in [0, 0.1) is 5.92 Å². The minimum Gasteiger partial charge on any atom is -0.426 e. The van der Waals surface area contributed by atoms with Gasteiger partial charge in [0.2, 0.25) is 6.79 Å². The van der Waals surface area contributed by atoms with Crippen molar-refractivity contribution in [1.82, 2.24) is 0 Å². The molecule has 2 aromatic carbocycles. The second kappa shape index (κ2) is 13.1. The Labute approximate surface area is 207 Å². The number of carbonyl (C=O) groups excluding carboxylic acids is 4. The van der Waals surface area contributed by atoms with Gasteiger partial charge in [0.15, 0.2) is 0 Å². The maximum absolute atomic E-state index is 12.4. The molecule has 1 aliphatic carbocycles. The smallest absolute Gasteiger partial charge is 0.426 e. The van der Waals surface area contributed by atoms with Gasteiger partial charge < -0.3 is 28.4 Å². The molecule has 0 N–H and O–H groups in total. The molecule has 0 amide bonds. The minimum atomic E-state index is -1.09. The first-order valence-corrected chi connectivity index (χ1v) is 11.2. The average molecular weight is 498 g/mol. The number of benzene rings is 2. The second-order valence-electron chi connectivity index (χ2n) is 7.80. The lowest BCUT2D eigenvalue weighted by Gasteiger charge is -2.26. The summed E-state index contributed by atoms with van der Waals surface area (Å²) in [5, 5.41) is 0. The molecule has 36 heavy (non-hydrogen) atoms. The van der Waals surface area contributed by atoms with Gasteiger partial charge >= 0.3 is 24.1 Å². The van der Waals surface area contributed by atoms with Crippen molar-refractivity contribution in [2.75, 3.05) is 13.9 Å². The maximum Gasteiger partial charge on any atom is 0.516 e. The van der Waals surface area contributed by atoms with Gasteiger partial charge in [-0.05, 0) is 74.2 Å². The summed E-state index contributed by atoms with van der Waals surface area (Å²) in [6.07, 6.45) is 3.14. The highest BCUT2D eigenvalue weighted by atomic mass is 16.8. The Morgan fingerprint density at radius 1 is 0.806 bits per heavy atom. The molecule has 190 valence electrons. The number of carbonyl (C=O) groups is 4. The molecule has 10 heteroatoms. The van der Waals surface area contributed by atoms with Crippen molar-refractivity contribution >= 4 is 24.1 Å². The van der Waals surface area contributed by atoms with Crippen LogP contribution in [0.1, 0.15) is 36.0 Å². The highest BCUT2D eigenvalue weighted by Crippen LogP contribution is 2.28. The fourth-order valence-corrected chi connectivity index (χ4v) is 3.45. The Hall–Kier alpha value is -4.18. The van der Waals surface area contributed by atoms with Gasteiger partial charge in [-0.25, -0.2) is 14.4 Å². The quantitative estimate of drug-likeness (QED) is 0.163. The topological polar surface area (TPSA) is 124 Å². The van der Waals surface area contributed by atoms with E-state index in [4.69, 9.17) is 18.9 Å². The highest BCUT2D eigenvalue weighted by Gasteiger charge is 2.27. The molecule has 0 aromatic heterocycles. The third kappa shape index (κ3) is 7.95. The summed E-state index contributed by atoms with van der Waals surface area (Å²) in [4.78, 5) is 47.2. The van der Waals surface area contributed by atoms with Crippen LogP contribution in [0.15, 0.2) is 61.2 Å². The van der Waals surface area contributed by atoms with E-state index in [-0.39, 0.29) is 35.1 Å². The molecule has 0 unspecified atom stereocenters. The third-order valence-electron chi connectivity index (χ3n) is 5.43. The van der Waals surface area contributed by atoms with Crippen molar-refractivity contribution in [3.63, 3.8) is 0 Å². The summed E-state index contributed by atoms with van der Waals surface area (Å²) in [6.45, 7) is 2.58. The van der Waals surface area contributed by atoms with Crippen LogP contribution in [0.25, 0.3) is 0 Å². The van der Waals surface area contributed by atoms with Gasteiger partial charge in [0.05, 0.1) is 17.6 Å². The van der Waals surface area contributed by atoms with E-state index >= 15 is 0 Å². The molecule has 1 saturated carbocycles. The summed E-state index contributed by atoms with van der Waals surface area (Å²) in [6, 6.07) is 11.7. The largest absolute Gasteiger partial charge is 0.516 e. The standard InChI is InChI=1S/C26H26O10/c1-3-23(27)32-16-33-26(30)36-22-10-6-18(7-11-22)25(29)35-21-14-12-20(13-15-21)34-24(28)17-4-8-19(31-2)9-5-17/h3,6-7,10-15,17,19H,1,4-5,8-9,16H2,2H3. The predicted octanol–water partition coefficient (Wildman–Crippen LogP) is 4.22. The van der Waals surface area contributed by atoms with Crippen LogP contribution in [0.3, 0.4) is 0 Å². The van der Waals surface area contributed by atoms with E-state index < -0.39 is 24.9 Å². The Kier molecular flexibility index (Phi) is 9.58. The predicted molar refractivity (Wildman–Crippen MR) is 124 cm³/mol. The van der Waals surface area contributed by atoms with Crippen molar-refractivity contribution < 1.29 is 47.6 Å². The van der Waals surface area contributed by atoms with Crippen LogP contribution < -0.4 is 14.2 Å². The van der Waals surface area contributed by atoms with E-state index in [1.807, 2.05) is 0 Å². The van der Waals surface area contributed by atoms with Crippen LogP contribution >= 0.6 is 0 Å². The van der Waals surface area contributed by atoms with Gasteiger partial charge in [-0.3, -0.25) is 4.79 Å². The number of esters is 3. The first kappa shape index (κ1) is 26.4. The Balaban J connectivity index is 1.45. The van der Waals surface area contributed by atoms with Crippen molar-refractivity contribution in [3.8, 4) is 17.2 Å². The lowest BCUT2D eigenvalue weighted by Crippen LogP contribution is -2.28. The Morgan fingerprint density at radius 3 is 1.94 bits per heavy atom. The monoisotopic (exact) mass is 498 g/mol. The molecule has 3 rings (SSSR count). The van der Waals surface area contributed by atoms with E-state index in [2.05, 4.69) is 16.1 Å². The van der Waals surface area contributed by atoms with Gasteiger partial charge in [-0.15, -0.1) is 0 Å². The maximum atomic E-state index is 12.4. The highest BCUT2D eigenvalue weighted by molar-refractivity contribution is 5.91. The van der Waals surface area contributed by atoms with Gasteiger partial charge in [0.1, 0.15) is 17.2 Å². The van der Waals surface area contributed by atoms with Crippen LogP contribution in [0.2, 0.25) is 0 Å². The van der Waals surface area contributed by atoms with Crippen LogP contribution in [-0.2, 0) is 23.8 Å². The van der Waals surface area contributed by atoms with Gasteiger partial charge in [-0.2, -0.15) is 0 Å². The number of hydrogen-bond donors (Lipinski definition) is 0. The number of ether oxygens (including phenoxy) is 6. The molecule has 0 spiro atoms. The summed E-state index contributed by atoms with van der Waals surface area (Å²) in [5.41, 5.74) is 0.206. The molecule has 0 saturated heterocycles. The molecule has 0 atom stereocenters. The molecule has 0 aliphatic heterocycles. The SMILES string of the molecule is C=CC(=O)OCOC(=O)Oc1ccc(C(=O)Oc2ccc(OC(=O)C3CCC(OC)CC3)cc2)cc1. The molecule has 0 radical (unpaired) electrons. The molecule has 1 fully saturated rings. The number of methoxy groups -OCH3 is 1. The van der Waals surface area contributed by atoms with E-state index in [1.54, 1.807) is 19.2 Å². The first-order chi connectivity index (χ1) is 17.4. The van der Waals surface area contributed by atoms with Crippen molar-refractivity contribution in [3.05, 3.63) is 66.7 Å². The molecular formula is C26H26O10. The van der Waals surface area contributed by atoms with Gasteiger partial charge in [-0.1, -0.05) is 6.58 Å². The average Bonchev–Trinajstić information content (AvgIpc) is 2.90. The fourth-order valence-electron chi connectivity index (χ4n) is 3.45. The van der Waals surface area contributed by atoms with Crippen LogP contribution in [-0.4, -0.2) is 44.1 Å². The molecule has 0 bridgehead atoms. The van der Waals surface area contributed by atoms with E-state index in [0.29, 0.717) is 5.75 Å². The van der Waals surface area contributed by atoms with Gasteiger partial charge in [0, 0.05) is 13.2 Å². The molecule has 1 aliphatic rings. The third-order valence-corrected chi connectivity index (χ3v) is 5.43. The molecule has 10 nitrogen and oxygen atoms in total. The lowest BCUT2D eigenvalue weighted by molar-refractivity contribution is -0.146. The van der Waals surface area contributed by atoms with E-state index in [1.165, 1.54) is 36.4 Å². The second-order valence-corrected chi connectivity index (χ2v) is 7.80. The molecule has 0 heterocycles. The lowest BCUT2D eigenvalue weighted by atomic mass is 9.87. The van der Waals surface area contributed by atoms with E-state index in [9.17, 15) is 19.2 Å². The Bertz CT molecular complexity index is 1070. The summed E-state index contributed by atoms with van der Waals surface area (Å²) < 4.78 is 30.1. The van der Waals surface area contributed by atoms with Crippen molar-refractivity contribution in [1.29, 1.82) is 0 Å². The summed E-state index contributed by atoms with van der Waals surface area (Å²) >= 11 is 0. The van der Waals surface area contributed by atoms with E-state index in [0.717, 1.165) is 31.8 Å². The number of rotatable bonds is 9. The van der Waals surface area contributed by atoms with Crippen LogP contribution in [0.5, 0.6) is 17.2 Å². The first-order valence-electron chi connectivity index (χ1n) is 11.2. The van der Waals surface area contributed by atoms with Crippen molar-refractivity contribution in [2.24, 2.45) is 5.92 Å². The minimum absolute atomic E-state index is 0.105. The zero-order valence-corrected chi connectivity index (χ0v) is 19.7. The molecule has 2 aromatic rings. The summed E-state index contributed by atoms with van der Waals surface area (Å²) in [7, 11) is 1.68. The molecular weight excluding hydrogens is 472 g/mol. The van der Waals surface area contributed by atoms with Crippen molar-refractivity contribution in [2.45, 2.75) is 31.8 Å². The zero-order chi connectivity index (χ0) is 25.9. The van der Waals surface area contributed by atoms with Gasteiger partial charge in [0.25, 0.3) is 0 Å².